The number of carbonyl (C=O) groups excluding carboxylic acids is 1. The highest BCUT2D eigenvalue weighted by Gasteiger charge is 2.18. The number of ether oxygens (including phenoxy) is 3. The molecule has 3 rings (SSSR count). The van der Waals surface area contributed by atoms with E-state index < -0.39 is 0 Å². The molecule has 1 aliphatic heterocycles. The predicted molar refractivity (Wildman–Crippen MR) is 112 cm³/mol. The summed E-state index contributed by atoms with van der Waals surface area (Å²) in [6, 6.07) is 14.4. The predicted octanol–water partition coefficient (Wildman–Crippen LogP) is 3.09. The van der Waals surface area contributed by atoms with Crippen LogP contribution in [0.2, 0.25) is 0 Å². The van der Waals surface area contributed by atoms with E-state index in [4.69, 9.17) is 14.2 Å². The van der Waals surface area contributed by atoms with Gasteiger partial charge in [-0.2, -0.15) is 0 Å². The minimum atomic E-state index is -0.0341. The zero-order valence-electron chi connectivity index (χ0n) is 17.4. The van der Waals surface area contributed by atoms with Gasteiger partial charge in [-0.3, -0.25) is 4.79 Å². The van der Waals surface area contributed by atoms with E-state index in [1.807, 2.05) is 18.2 Å². The van der Waals surface area contributed by atoms with E-state index in [1.54, 1.807) is 12.0 Å². The van der Waals surface area contributed by atoms with Crippen molar-refractivity contribution in [2.75, 3.05) is 40.0 Å². The first kappa shape index (κ1) is 21.1. The maximum absolute atomic E-state index is 12.3. The minimum Gasteiger partial charge on any atom is -0.493 e. The topological polar surface area (TPSA) is 60.0 Å². The van der Waals surface area contributed by atoms with Crippen molar-refractivity contribution in [1.29, 1.82) is 0 Å². The number of benzene rings is 2. The second kappa shape index (κ2) is 10.3. The fourth-order valence-electron chi connectivity index (χ4n) is 3.44. The van der Waals surface area contributed by atoms with Gasteiger partial charge in [-0.25, -0.2) is 0 Å². The molecule has 1 unspecified atom stereocenters. The van der Waals surface area contributed by atoms with Gasteiger partial charge in [0.2, 0.25) is 0 Å². The van der Waals surface area contributed by atoms with E-state index in [9.17, 15) is 4.79 Å². The Bertz CT molecular complexity index is 818. The molecule has 156 valence electrons. The number of morpholine rings is 1. The molecule has 0 saturated carbocycles. The minimum absolute atomic E-state index is 0.00171. The number of nitrogens with one attached hydrogen (secondary N) is 1. The van der Waals surface area contributed by atoms with Crippen molar-refractivity contribution < 1.29 is 19.0 Å². The molecule has 2 aromatic rings. The van der Waals surface area contributed by atoms with Crippen molar-refractivity contribution in [2.24, 2.45) is 0 Å². The summed E-state index contributed by atoms with van der Waals surface area (Å²) in [7, 11) is 1.61. The third kappa shape index (κ3) is 5.71. The second-order valence-corrected chi connectivity index (χ2v) is 7.23. The zero-order valence-corrected chi connectivity index (χ0v) is 17.4. The van der Waals surface area contributed by atoms with Crippen LogP contribution in [-0.2, 0) is 16.1 Å². The molecule has 0 bridgehead atoms. The quantitative estimate of drug-likeness (QED) is 0.741. The molecule has 1 heterocycles. The van der Waals surface area contributed by atoms with Crippen molar-refractivity contribution in [2.45, 2.75) is 26.4 Å². The number of aryl methyl sites for hydroxylation is 1. The number of methoxy groups -OCH3 is 1. The average molecular weight is 399 g/mol. The van der Waals surface area contributed by atoms with E-state index >= 15 is 0 Å². The molecule has 0 aliphatic carbocycles. The van der Waals surface area contributed by atoms with Crippen LogP contribution in [0.1, 0.15) is 29.7 Å². The van der Waals surface area contributed by atoms with E-state index in [0.29, 0.717) is 44.3 Å². The summed E-state index contributed by atoms with van der Waals surface area (Å²) in [6.07, 6.45) is 0. The van der Waals surface area contributed by atoms with Crippen LogP contribution in [0, 0.1) is 6.92 Å². The Morgan fingerprint density at radius 1 is 1.17 bits per heavy atom. The van der Waals surface area contributed by atoms with Crippen molar-refractivity contribution >= 4 is 5.91 Å². The normalized spacial score (nSPS) is 15.1. The van der Waals surface area contributed by atoms with E-state index in [-0.39, 0.29) is 18.6 Å². The Labute approximate surface area is 172 Å². The molecule has 0 radical (unpaired) electrons. The van der Waals surface area contributed by atoms with Gasteiger partial charge in [-0.05, 0) is 42.7 Å². The lowest BCUT2D eigenvalue weighted by Gasteiger charge is -2.26. The van der Waals surface area contributed by atoms with Gasteiger partial charge in [0, 0.05) is 25.7 Å². The molecule has 6 heteroatoms. The Hall–Kier alpha value is -2.57. The molecule has 1 amide bonds. The highest BCUT2D eigenvalue weighted by Crippen LogP contribution is 2.28. The van der Waals surface area contributed by atoms with E-state index in [1.165, 1.54) is 11.1 Å². The van der Waals surface area contributed by atoms with Gasteiger partial charge in [0.25, 0.3) is 5.91 Å². The molecular formula is C23H30N2O4. The van der Waals surface area contributed by atoms with Gasteiger partial charge in [0.1, 0.15) is 0 Å². The van der Waals surface area contributed by atoms with Gasteiger partial charge in [0.15, 0.2) is 18.1 Å². The van der Waals surface area contributed by atoms with Crippen molar-refractivity contribution in [3.8, 4) is 11.5 Å². The number of nitrogens with zero attached hydrogens (tertiary/aromatic N) is 1. The number of hydrogen-bond acceptors (Lipinski definition) is 5. The summed E-state index contributed by atoms with van der Waals surface area (Å²) in [4.78, 5) is 14.0. The zero-order chi connectivity index (χ0) is 20.6. The summed E-state index contributed by atoms with van der Waals surface area (Å²) >= 11 is 0. The van der Waals surface area contributed by atoms with Crippen LogP contribution in [0.4, 0.5) is 0 Å². The molecule has 1 fully saturated rings. The largest absolute Gasteiger partial charge is 0.493 e. The van der Waals surface area contributed by atoms with Gasteiger partial charge >= 0.3 is 0 Å². The van der Waals surface area contributed by atoms with Crippen molar-refractivity contribution in [3.63, 3.8) is 0 Å². The lowest BCUT2D eigenvalue weighted by atomic mass is 10.0. The van der Waals surface area contributed by atoms with E-state index in [2.05, 4.69) is 43.4 Å². The number of rotatable bonds is 8. The average Bonchev–Trinajstić information content (AvgIpc) is 2.77. The molecule has 1 N–H and O–H groups in total. The standard InChI is InChI=1S/C23H30N2O4/c1-17-6-4-5-7-20(17)18(2)24-15-19-8-9-21(22(14-19)27-3)29-16-23(26)25-10-12-28-13-11-25/h4-9,14,18,24H,10-13,15-16H2,1-3H3. The summed E-state index contributed by atoms with van der Waals surface area (Å²) in [6.45, 7) is 7.38. The first-order chi connectivity index (χ1) is 14.1. The molecule has 29 heavy (non-hydrogen) atoms. The fraction of sp³-hybridized carbons (Fsp3) is 0.435. The van der Waals surface area contributed by atoms with Crippen LogP contribution in [-0.4, -0.2) is 50.8 Å². The number of hydrogen-bond donors (Lipinski definition) is 1. The van der Waals surface area contributed by atoms with Crippen LogP contribution in [0.5, 0.6) is 11.5 Å². The van der Waals surface area contributed by atoms with Crippen molar-refractivity contribution in [1.82, 2.24) is 10.2 Å². The highest BCUT2D eigenvalue weighted by molar-refractivity contribution is 5.78. The van der Waals surface area contributed by atoms with Gasteiger partial charge in [-0.15, -0.1) is 0 Å². The summed E-state index contributed by atoms with van der Waals surface area (Å²) < 4.78 is 16.5. The Balaban J connectivity index is 1.56. The molecule has 6 nitrogen and oxygen atoms in total. The molecule has 0 aromatic heterocycles. The summed E-state index contributed by atoms with van der Waals surface area (Å²) in [5, 5.41) is 3.55. The highest BCUT2D eigenvalue weighted by atomic mass is 16.5. The van der Waals surface area contributed by atoms with Crippen LogP contribution in [0.25, 0.3) is 0 Å². The number of amides is 1. The van der Waals surface area contributed by atoms with Crippen LogP contribution in [0.15, 0.2) is 42.5 Å². The maximum Gasteiger partial charge on any atom is 0.260 e. The molecule has 1 aliphatic rings. The maximum atomic E-state index is 12.3. The lowest BCUT2D eigenvalue weighted by Crippen LogP contribution is -2.43. The Morgan fingerprint density at radius 3 is 2.66 bits per heavy atom. The smallest absolute Gasteiger partial charge is 0.260 e. The van der Waals surface area contributed by atoms with Crippen LogP contribution >= 0.6 is 0 Å². The van der Waals surface area contributed by atoms with Crippen molar-refractivity contribution in [3.05, 3.63) is 59.2 Å². The van der Waals surface area contributed by atoms with Gasteiger partial charge in [0.05, 0.1) is 20.3 Å². The lowest BCUT2D eigenvalue weighted by molar-refractivity contribution is -0.137. The summed E-state index contributed by atoms with van der Waals surface area (Å²) in [5.74, 6) is 1.17. The molecule has 1 atom stereocenters. The number of carbonyl (C=O) groups is 1. The van der Waals surface area contributed by atoms with E-state index in [0.717, 1.165) is 5.56 Å². The molecule has 1 saturated heterocycles. The SMILES string of the molecule is COc1cc(CNC(C)c2ccccc2C)ccc1OCC(=O)N1CCOCC1. The molecule has 0 spiro atoms. The third-order valence-corrected chi connectivity index (χ3v) is 5.21. The van der Waals surface area contributed by atoms with Crippen LogP contribution < -0.4 is 14.8 Å². The molecule has 2 aromatic carbocycles. The monoisotopic (exact) mass is 398 g/mol. The van der Waals surface area contributed by atoms with Gasteiger partial charge < -0.3 is 24.4 Å². The van der Waals surface area contributed by atoms with Crippen LogP contribution in [0.3, 0.4) is 0 Å². The first-order valence-corrected chi connectivity index (χ1v) is 10.0. The Morgan fingerprint density at radius 2 is 1.93 bits per heavy atom. The third-order valence-electron chi connectivity index (χ3n) is 5.21. The fourth-order valence-corrected chi connectivity index (χ4v) is 3.44. The molecular weight excluding hydrogens is 368 g/mol. The summed E-state index contributed by atoms with van der Waals surface area (Å²) in [5.41, 5.74) is 3.66. The Kier molecular flexibility index (Phi) is 7.49. The first-order valence-electron chi connectivity index (χ1n) is 10.0. The van der Waals surface area contributed by atoms with Gasteiger partial charge in [-0.1, -0.05) is 30.3 Å². The second-order valence-electron chi connectivity index (χ2n) is 7.23.